The fraction of sp³-hybridized carbons (Fsp3) is 0.462. The summed E-state index contributed by atoms with van der Waals surface area (Å²) in [5.74, 6) is 0. The lowest BCUT2D eigenvalue weighted by molar-refractivity contribution is 0.248. The normalized spacial score (nSPS) is 24.1. The van der Waals surface area contributed by atoms with Crippen LogP contribution in [0.3, 0.4) is 0 Å². The minimum Gasteiger partial charge on any atom is -0.211 e. The van der Waals surface area contributed by atoms with Gasteiger partial charge in [-0.1, -0.05) is 12.1 Å². The Morgan fingerprint density at radius 1 is 1.40 bits per heavy atom. The standard InChI is InChI=1S/C13H15BrN2O3S/c1-10-8-11(15-9-17)6-7-16(10)20(18,19)13-5-3-2-4-12(13)14/h2-5,10-11H,6-8H2,1H3. The molecule has 2 rings (SSSR count). The van der Waals surface area contributed by atoms with Crippen molar-refractivity contribution in [3.63, 3.8) is 0 Å². The third-order valence-corrected chi connectivity index (χ3v) is 6.47. The number of piperidine rings is 1. The molecule has 0 bridgehead atoms. The van der Waals surface area contributed by atoms with Crippen molar-refractivity contribution in [1.82, 2.24) is 4.31 Å². The lowest BCUT2D eigenvalue weighted by Crippen LogP contribution is -2.45. The molecule has 20 heavy (non-hydrogen) atoms. The van der Waals surface area contributed by atoms with Crippen molar-refractivity contribution in [3.8, 4) is 0 Å². The SMILES string of the molecule is CC1CC(N=C=O)CCN1S(=O)(=O)c1ccccc1Br. The molecule has 1 saturated heterocycles. The van der Waals surface area contributed by atoms with E-state index in [0.29, 0.717) is 23.9 Å². The molecule has 1 aromatic rings. The van der Waals surface area contributed by atoms with E-state index in [1.165, 1.54) is 4.31 Å². The highest BCUT2D eigenvalue weighted by atomic mass is 79.9. The first kappa shape index (κ1) is 15.4. The summed E-state index contributed by atoms with van der Waals surface area (Å²) in [4.78, 5) is 14.3. The molecule has 5 nitrogen and oxygen atoms in total. The molecule has 1 aliphatic heterocycles. The van der Waals surface area contributed by atoms with Crippen LogP contribution in [-0.4, -0.2) is 37.4 Å². The molecule has 1 heterocycles. The van der Waals surface area contributed by atoms with Gasteiger partial charge in [0, 0.05) is 17.1 Å². The van der Waals surface area contributed by atoms with Crippen molar-refractivity contribution < 1.29 is 13.2 Å². The second-order valence-electron chi connectivity index (χ2n) is 4.79. The highest BCUT2D eigenvalue weighted by Crippen LogP contribution is 2.30. The molecule has 0 spiro atoms. The summed E-state index contributed by atoms with van der Waals surface area (Å²) in [5, 5.41) is 0. The third kappa shape index (κ3) is 3.01. The summed E-state index contributed by atoms with van der Waals surface area (Å²) in [6.45, 7) is 2.20. The topological polar surface area (TPSA) is 66.8 Å². The molecule has 2 atom stereocenters. The van der Waals surface area contributed by atoms with Crippen molar-refractivity contribution in [2.45, 2.75) is 36.7 Å². The molecule has 1 aliphatic rings. The Kier molecular flexibility index (Phi) is 4.75. The van der Waals surface area contributed by atoms with Gasteiger partial charge in [0.2, 0.25) is 16.1 Å². The van der Waals surface area contributed by atoms with Crippen LogP contribution in [0.2, 0.25) is 0 Å². The monoisotopic (exact) mass is 358 g/mol. The highest BCUT2D eigenvalue weighted by Gasteiger charge is 2.35. The van der Waals surface area contributed by atoms with Gasteiger partial charge in [0.15, 0.2) is 0 Å². The quantitative estimate of drug-likeness (QED) is 0.615. The Bertz CT molecular complexity index is 641. The average molecular weight is 359 g/mol. The van der Waals surface area contributed by atoms with Crippen LogP contribution < -0.4 is 0 Å². The molecule has 0 aliphatic carbocycles. The molecular formula is C13H15BrN2O3S. The van der Waals surface area contributed by atoms with Gasteiger partial charge in [0.05, 0.1) is 10.9 Å². The summed E-state index contributed by atoms with van der Waals surface area (Å²) < 4.78 is 27.4. The minimum absolute atomic E-state index is 0.131. The van der Waals surface area contributed by atoms with E-state index in [9.17, 15) is 13.2 Å². The molecule has 108 valence electrons. The molecule has 1 aromatic carbocycles. The van der Waals surface area contributed by atoms with Crippen LogP contribution >= 0.6 is 15.9 Å². The lowest BCUT2D eigenvalue weighted by atomic mass is 10.0. The maximum Gasteiger partial charge on any atom is 0.244 e. The first-order chi connectivity index (χ1) is 9.46. The maximum atomic E-state index is 12.7. The number of hydrogen-bond acceptors (Lipinski definition) is 4. The zero-order valence-electron chi connectivity index (χ0n) is 11.0. The first-order valence-corrected chi connectivity index (χ1v) is 8.53. The smallest absolute Gasteiger partial charge is 0.211 e. The molecule has 0 amide bonds. The number of nitrogens with zero attached hydrogens (tertiary/aromatic N) is 2. The van der Waals surface area contributed by atoms with Gasteiger partial charge in [-0.3, -0.25) is 0 Å². The molecule has 2 unspecified atom stereocenters. The van der Waals surface area contributed by atoms with Crippen LogP contribution in [0.4, 0.5) is 0 Å². The number of isocyanates is 1. The number of rotatable bonds is 3. The number of benzene rings is 1. The Balaban J connectivity index is 2.28. The van der Waals surface area contributed by atoms with Crippen LogP contribution in [-0.2, 0) is 14.8 Å². The maximum absolute atomic E-state index is 12.7. The van der Waals surface area contributed by atoms with Gasteiger partial charge < -0.3 is 0 Å². The molecule has 1 fully saturated rings. The van der Waals surface area contributed by atoms with Crippen molar-refractivity contribution >= 4 is 32.0 Å². The number of carbonyl (C=O) groups excluding carboxylic acids is 1. The first-order valence-electron chi connectivity index (χ1n) is 6.30. The van der Waals surface area contributed by atoms with Crippen LogP contribution in [0.15, 0.2) is 38.6 Å². The fourth-order valence-electron chi connectivity index (χ4n) is 2.45. The average Bonchev–Trinajstić information content (AvgIpc) is 2.39. The van der Waals surface area contributed by atoms with Gasteiger partial charge in [-0.05, 0) is 47.8 Å². The van der Waals surface area contributed by atoms with E-state index >= 15 is 0 Å². The van der Waals surface area contributed by atoms with Crippen molar-refractivity contribution in [2.24, 2.45) is 4.99 Å². The third-order valence-electron chi connectivity index (χ3n) is 3.45. The van der Waals surface area contributed by atoms with E-state index in [-0.39, 0.29) is 17.0 Å². The van der Waals surface area contributed by atoms with Crippen molar-refractivity contribution in [2.75, 3.05) is 6.54 Å². The molecule has 0 N–H and O–H groups in total. The Hall–Kier alpha value is -1.01. The number of halogens is 1. The lowest BCUT2D eigenvalue weighted by Gasteiger charge is -2.34. The van der Waals surface area contributed by atoms with E-state index in [2.05, 4.69) is 20.9 Å². The molecule has 0 aromatic heterocycles. The summed E-state index contributed by atoms with van der Waals surface area (Å²) in [5.41, 5.74) is 0. The number of sulfonamides is 1. The van der Waals surface area contributed by atoms with E-state index < -0.39 is 10.0 Å². The van der Waals surface area contributed by atoms with Gasteiger partial charge >= 0.3 is 0 Å². The summed E-state index contributed by atoms with van der Waals surface area (Å²) in [6.07, 6.45) is 2.64. The zero-order valence-corrected chi connectivity index (χ0v) is 13.4. The largest absolute Gasteiger partial charge is 0.244 e. The van der Waals surface area contributed by atoms with Gasteiger partial charge in [-0.25, -0.2) is 18.2 Å². The van der Waals surface area contributed by atoms with Crippen LogP contribution in [0.25, 0.3) is 0 Å². The molecular weight excluding hydrogens is 344 g/mol. The van der Waals surface area contributed by atoms with Crippen LogP contribution in [0.5, 0.6) is 0 Å². The molecule has 0 radical (unpaired) electrons. The Morgan fingerprint density at radius 3 is 2.70 bits per heavy atom. The fourth-order valence-corrected chi connectivity index (χ4v) is 5.08. The predicted molar refractivity (Wildman–Crippen MR) is 78.6 cm³/mol. The Morgan fingerprint density at radius 2 is 2.10 bits per heavy atom. The predicted octanol–water partition coefficient (Wildman–Crippen LogP) is 2.33. The van der Waals surface area contributed by atoms with Gasteiger partial charge in [-0.15, -0.1) is 0 Å². The summed E-state index contributed by atoms with van der Waals surface area (Å²) in [7, 11) is -3.53. The number of aliphatic imine (C=N–C) groups is 1. The van der Waals surface area contributed by atoms with Gasteiger partial charge in [0.25, 0.3) is 0 Å². The van der Waals surface area contributed by atoms with E-state index in [0.717, 1.165) is 0 Å². The van der Waals surface area contributed by atoms with Crippen LogP contribution in [0.1, 0.15) is 19.8 Å². The Labute approximate surface area is 126 Å². The van der Waals surface area contributed by atoms with Crippen molar-refractivity contribution in [3.05, 3.63) is 28.7 Å². The highest BCUT2D eigenvalue weighted by molar-refractivity contribution is 9.10. The van der Waals surface area contributed by atoms with Gasteiger partial charge in [0.1, 0.15) is 0 Å². The zero-order chi connectivity index (χ0) is 14.8. The minimum atomic E-state index is -3.53. The molecule has 0 saturated carbocycles. The summed E-state index contributed by atoms with van der Waals surface area (Å²) in [6, 6.07) is 6.45. The van der Waals surface area contributed by atoms with Crippen molar-refractivity contribution in [1.29, 1.82) is 0 Å². The second-order valence-corrected chi connectivity index (χ2v) is 7.51. The summed E-state index contributed by atoms with van der Waals surface area (Å²) >= 11 is 3.28. The molecule has 7 heteroatoms. The second kappa shape index (κ2) is 6.18. The number of hydrogen-bond donors (Lipinski definition) is 0. The van der Waals surface area contributed by atoms with Gasteiger partial charge in [-0.2, -0.15) is 4.31 Å². The van der Waals surface area contributed by atoms with E-state index in [1.54, 1.807) is 30.3 Å². The van der Waals surface area contributed by atoms with E-state index in [1.807, 2.05) is 6.92 Å². The van der Waals surface area contributed by atoms with Crippen LogP contribution in [0, 0.1) is 0 Å². The van der Waals surface area contributed by atoms with E-state index in [4.69, 9.17) is 0 Å².